The first-order valence-corrected chi connectivity index (χ1v) is 5.58. The first kappa shape index (κ1) is 13.1. The number of rotatable bonds is 0. The van der Waals surface area contributed by atoms with E-state index in [0.717, 1.165) is 4.47 Å². The van der Waals surface area contributed by atoms with Crippen LogP contribution in [0, 0.1) is 11.6 Å². The van der Waals surface area contributed by atoms with E-state index in [2.05, 4.69) is 15.9 Å². The van der Waals surface area contributed by atoms with E-state index in [1.54, 1.807) is 24.3 Å². The summed E-state index contributed by atoms with van der Waals surface area (Å²) in [7, 11) is 0. The van der Waals surface area contributed by atoms with Gasteiger partial charge in [0.25, 0.3) is 0 Å². The van der Waals surface area contributed by atoms with Gasteiger partial charge in [0.05, 0.1) is 5.02 Å². The zero-order valence-corrected chi connectivity index (χ0v) is 10.5. The van der Waals surface area contributed by atoms with Crippen LogP contribution in [0.4, 0.5) is 8.78 Å². The zero-order chi connectivity index (χ0) is 12.0. The van der Waals surface area contributed by atoms with Crippen molar-refractivity contribution >= 4 is 27.5 Å². The molecule has 0 amide bonds. The first-order chi connectivity index (χ1) is 7.59. The van der Waals surface area contributed by atoms with Crippen LogP contribution in [-0.2, 0) is 0 Å². The van der Waals surface area contributed by atoms with Crippen molar-refractivity contribution < 1.29 is 8.78 Å². The summed E-state index contributed by atoms with van der Waals surface area (Å²) in [6.45, 7) is 0. The van der Waals surface area contributed by atoms with E-state index in [1.807, 2.05) is 0 Å². The second kappa shape index (κ2) is 6.61. The fourth-order valence-corrected chi connectivity index (χ4v) is 1.56. The van der Waals surface area contributed by atoms with Crippen LogP contribution in [-0.4, -0.2) is 0 Å². The Bertz CT molecular complexity index is 446. The predicted molar refractivity (Wildman–Crippen MR) is 65.5 cm³/mol. The van der Waals surface area contributed by atoms with Crippen LogP contribution in [0.2, 0.25) is 5.02 Å². The van der Waals surface area contributed by atoms with Crippen molar-refractivity contribution in [2.24, 2.45) is 0 Å². The van der Waals surface area contributed by atoms with Crippen molar-refractivity contribution in [3.8, 4) is 0 Å². The molecule has 2 rings (SSSR count). The van der Waals surface area contributed by atoms with E-state index in [-0.39, 0.29) is 16.7 Å². The molecule has 0 heterocycles. The van der Waals surface area contributed by atoms with E-state index < -0.39 is 0 Å². The van der Waals surface area contributed by atoms with Crippen molar-refractivity contribution in [1.29, 1.82) is 0 Å². The Balaban J connectivity index is 0.000000165. The molecule has 2 aromatic rings. The van der Waals surface area contributed by atoms with E-state index >= 15 is 0 Å². The average molecular weight is 306 g/mol. The number of hydrogen-bond donors (Lipinski definition) is 0. The summed E-state index contributed by atoms with van der Waals surface area (Å²) < 4.78 is 25.0. The molecular formula is C12H8BrClF2. The Kier molecular flexibility index (Phi) is 5.43. The molecule has 4 heteroatoms. The fraction of sp³-hybridized carbons (Fsp3) is 0. The predicted octanol–water partition coefficient (Wildman–Crippen LogP) is 5.07. The third-order valence-corrected chi connectivity index (χ3v) is 2.40. The minimum atomic E-state index is -0.389. The Morgan fingerprint density at radius 1 is 0.938 bits per heavy atom. The van der Waals surface area contributed by atoms with Gasteiger partial charge in [0.1, 0.15) is 11.6 Å². The van der Waals surface area contributed by atoms with E-state index in [1.165, 1.54) is 24.3 Å². The lowest BCUT2D eigenvalue weighted by atomic mass is 10.3. The molecule has 0 saturated carbocycles. The highest BCUT2D eigenvalue weighted by Crippen LogP contribution is 2.19. The van der Waals surface area contributed by atoms with Crippen LogP contribution >= 0.6 is 27.5 Å². The number of hydrogen-bond acceptors (Lipinski definition) is 0. The molecule has 0 unspecified atom stereocenters. The second-order valence-electron chi connectivity index (χ2n) is 2.85. The van der Waals surface area contributed by atoms with Crippen molar-refractivity contribution in [2.75, 3.05) is 0 Å². The minimum absolute atomic E-state index is 0.143. The second-order valence-corrected chi connectivity index (χ2v) is 4.18. The van der Waals surface area contributed by atoms with Gasteiger partial charge in [-0.1, -0.05) is 45.7 Å². The summed E-state index contributed by atoms with van der Waals surface area (Å²) in [6, 6.07) is 12.4. The van der Waals surface area contributed by atoms with Gasteiger partial charge in [-0.2, -0.15) is 0 Å². The van der Waals surface area contributed by atoms with E-state index in [0.29, 0.717) is 0 Å². The lowest BCUT2D eigenvalue weighted by Crippen LogP contribution is -1.73. The molecule has 0 aromatic heterocycles. The lowest BCUT2D eigenvalue weighted by Gasteiger charge is -1.91. The van der Waals surface area contributed by atoms with Gasteiger partial charge in [0.2, 0.25) is 0 Å². The van der Waals surface area contributed by atoms with Gasteiger partial charge in [-0.05, 0) is 30.3 Å². The summed E-state index contributed by atoms with van der Waals surface area (Å²) in [4.78, 5) is 0. The average Bonchev–Trinajstić information content (AvgIpc) is 2.26. The van der Waals surface area contributed by atoms with Gasteiger partial charge in [-0.15, -0.1) is 0 Å². The topological polar surface area (TPSA) is 0 Å². The molecule has 2 aromatic carbocycles. The highest BCUT2D eigenvalue weighted by atomic mass is 79.9. The molecule has 0 aliphatic carbocycles. The fourth-order valence-electron chi connectivity index (χ4n) is 0.885. The van der Waals surface area contributed by atoms with E-state index in [4.69, 9.17) is 11.6 Å². The third kappa shape index (κ3) is 4.73. The Morgan fingerprint density at radius 3 is 1.94 bits per heavy atom. The van der Waals surface area contributed by atoms with Crippen LogP contribution in [0.5, 0.6) is 0 Å². The largest absolute Gasteiger partial charge is 0.207 e. The van der Waals surface area contributed by atoms with Gasteiger partial charge < -0.3 is 0 Å². The molecule has 84 valence electrons. The van der Waals surface area contributed by atoms with E-state index in [9.17, 15) is 8.78 Å². The summed E-state index contributed by atoms with van der Waals surface area (Å²) >= 11 is 8.55. The highest BCUT2D eigenvalue weighted by Gasteiger charge is 1.96. The summed E-state index contributed by atoms with van der Waals surface area (Å²) in [5.41, 5.74) is 0. The van der Waals surface area contributed by atoms with Gasteiger partial charge >= 0.3 is 0 Å². The van der Waals surface area contributed by atoms with Crippen molar-refractivity contribution in [1.82, 2.24) is 0 Å². The molecule has 0 fully saturated rings. The zero-order valence-electron chi connectivity index (χ0n) is 8.13. The molecular weight excluding hydrogens is 297 g/mol. The third-order valence-electron chi connectivity index (χ3n) is 1.61. The van der Waals surface area contributed by atoms with Crippen molar-refractivity contribution in [2.45, 2.75) is 0 Å². The van der Waals surface area contributed by atoms with Crippen LogP contribution in [0.1, 0.15) is 0 Å². The molecule has 0 atom stereocenters. The van der Waals surface area contributed by atoms with Crippen LogP contribution < -0.4 is 0 Å². The molecule has 0 spiro atoms. The van der Waals surface area contributed by atoms with Crippen molar-refractivity contribution in [3.05, 3.63) is 69.7 Å². The molecule has 16 heavy (non-hydrogen) atoms. The maximum atomic E-state index is 12.3. The molecule has 0 N–H and O–H groups in total. The normalized spacial score (nSPS) is 9.25. The van der Waals surface area contributed by atoms with Crippen LogP contribution in [0.3, 0.4) is 0 Å². The maximum Gasteiger partial charge on any atom is 0.141 e. The Labute approximate surface area is 106 Å². The van der Waals surface area contributed by atoms with Crippen LogP contribution in [0.15, 0.2) is 53.0 Å². The molecule has 0 bridgehead atoms. The molecule has 0 saturated heterocycles. The van der Waals surface area contributed by atoms with Crippen molar-refractivity contribution in [3.63, 3.8) is 0 Å². The van der Waals surface area contributed by atoms with Gasteiger partial charge in [-0.25, -0.2) is 8.78 Å². The number of halogens is 4. The van der Waals surface area contributed by atoms with Gasteiger partial charge in [0, 0.05) is 4.47 Å². The molecule has 0 aliphatic heterocycles. The Hall–Kier alpha value is -0.930. The Morgan fingerprint density at radius 2 is 1.56 bits per heavy atom. The summed E-state index contributed by atoms with van der Waals surface area (Å²) in [5, 5.41) is 0.143. The molecule has 0 nitrogen and oxygen atoms in total. The summed E-state index contributed by atoms with van der Waals surface area (Å²) in [6.07, 6.45) is 0. The smallest absolute Gasteiger partial charge is 0.141 e. The quantitative estimate of drug-likeness (QED) is 0.596. The SMILES string of the molecule is Fc1ccc(Br)cc1Cl.Fc1ccccc1. The van der Waals surface area contributed by atoms with Gasteiger partial charge in [0.15, 0.2) is 0 Å². The molecule has 0 aliphatic rings. The first-order valence-electron chi connectivity index (χ1n) is 4.40. The standard InChI is InChI=1S/C6H3BrClF.C6H5F/c7-4-1-2-6(9)5(8)3-4;7-6-4-2-1-3-5-6/h1-3H;1-5H. The minimum Gasteiger partial charge on any atom is -0.207 e. The monoisotopic (exact) mass is 304 g/mol. The lowest BCUT2D eigenvalue weighted by molar-refractivity contribution is 0.627. The highest BCUT2D eigenvalue weighted by molar-refractivity contribution is 9.10. The van der Waals surface area contributed by atoms with Gasteiger partial charge in [-0.3, -0.25) is 0 Å². The van der Waals surface area contributed by atoms with Crippen LogP contribution in [0.25, 0.3) is 0 Å². The summed E-state index contributed by atoms with van der Waals surface area (Å²) in [5.74, 6) is -0.567. The number of benzene rings is 2. The molecule has 0 radical (unpaired) electrons. The maximum absolute atomic E-state index is 12.3.